The lowest BCUT2D eigenvalue weighted by Gasteiger charge is -2.11. The molecule has 0 spiro atoms. The van der Waals surface area contributed by atoms with Gasteiger partial charge in [-0.2, -0.15) is 16.3 Å². The summed E-state index contributed by atoms with van der Waals surface area (Å²) in [7, 11) is -1.54. The maximum atomic E-state index is 10.8. The van der Waals surface area contributed by atoms with E-state index in [4.69, 9.17) is 21.1 Å². The summed E-state index contributed by atoms with van der Waals surface area (Å²) < 4.78 is 4.83. The van der Waals surface area contributed by atoms with E-state index >= 15 is 0 Å². The summed E-state index contributed by atoms with van der Waals surface area (Å²) in [6.07, 6.45) is 3.00. The van der Waals surface area contributed by atoms with Crippen LogP contribution >= 0.6 is 11.1 Å². The predicted molar refractivity (Wildman–Crippen MR) is 58.5 cm³/mol. The van der Waals surface area contributed by atoms with Crippen LogP contribution in [0.3, 0.4) is 0 Å². The van der Waals surface area contributed by atoms with Gasteiger partial charge in [0.25, 0.3) is 0 Å². The number of hydrogen-bond donors (Lipinski definition) is 0. The number of halogens is 1. The first-order valence-electron chi connectivity index (χ1n) is 4.37. The first kappa shape index (κ1) is 13.2. The molecule has 0 aliphatic heterocycles. The maximum Gasteiger partial charge on any atom is 0.331 e. The van der Waals surface area contributed by atoms with Crippen LogP contribution < -0.4 is 0 Å². The minimum absolute atomic E-state index is 0.373. The average molecular weight is 232 g/mol. The van der Waals surface area contributed by atoms with Crippen molar-refractivity contribution in [3.05, 3.63) is 12.2 Å². The van der Waals surface area contributed by atoms with E-state index < -0.39 is 13.4 Å². The number of carbonyl (C=O) groups is 1. The van der Waals surface area contributed by atoms with Crippen molar-refractivity contribution in [3.63, 3.8) is 0 Å². The molecule has 0 heterocycles. The van der Waals surface area contributed by atoms with Gasteiger partial charge in [-0.05, 0) is 12.5 Å². The molecule has 0 N–H and O–H groups in total. The van der Waals surface area contributed by atoms with Crippen molar-refractivity contribution in [1.29, 1.82) is 5.26 Å². The van der Waals surface area contributed by atoms with E-state index in [0.29, 0.717) is 6.61 Å². The molecule has 0 saturated heterocycles. The predicted octanol–water partition coefficient (Wildman–Crippen LogP) is 2.44. The van der Waals surface area contributed by atoms with Crippen LogP contribution in [0.4, 0.5) is 0 Å². The van der Waals surface area contributed by atoms with Gasteiger partial charge in [0.15, 0.2) is 7.38 Å². The van der Waals surface area contributed by atoms with Gasteiger partial charge in [-0.25, -0.2) is 4.79 Å². The highest BCUT2D eigenvalue weighted by atomic mass is 35.6. The van der Waals surface area contributed by atoms with E-state index in [1.807, 2.05) is 13.1 Å². The molecular formula is C9H14ClNO2Si. The second kappa shape index (κ2) is 6.63. The van der Waals surface area contributed by atoms with Gasteiger partial charge in [-0.15, -0.1) is 0 Å². The largest absolute Gasteiger partial charge is 0.463 e. The van der Waals surface area contributed by atoms with Crippen molar-refractivity contribution in [2.75, 3.05) is 6.61 Å². The average Bonchev–Trinajstić information content (AvgIpc) is 2.07. The lowest BCUT2D eigenvalue weighted by molar-refractivity contribution is -0.137. The Bertz CT molecular complexity index is 253. The van der Waals surface area contributed by atoms with Crippen LogP contribution in [0.25, 0.3) is 0 Å². The van der Waals surface area contributed by atoms with Crippen molar-refractivity contribution in [3.8, 4) is 6.07 Å². The Morgan fingerprint density at radius 1 is 1.64 bits per heavy atom. The number of allylic oxidation sites excluding steroid dienone is 1. The third-order valence-corrected chi connectivity index (χ3v) is 3.56. The second-order valence-electron chi connectivity index (χ2n) is 3.45. The molecule has 0 aliphatic carbocycles. The fourth-order valence-electron chi connectivity index (χ4n) is 0.819. The summed E-state index contributed by atoms with van der Waals surface area (Å²) in [5.74, 6) is -0.472. The van der Waals surface area contributed by atoms with Gasteiger partial charge in [0.1, 0.15) is 0 Å². The standard InChI is InChI=1S/C9H14ClNO2Si/c1-14(2,10)8-4-7-13-9(12)5-3-6-11/h3,5H,4,7-8H2,1-2H3. The summed E-state index contributed by atoms with van der Waals surface area (Å²) in [6, 6.07) is 2.64. The van der Waals surface area contributed by atoms with Gasteiger partial charge in [0.05, 0.1) is 12.7 Å². The lowest BCUT2D eigenvalue weighted by Crippen LogP contribution is -2.16. The SMILES string of the molecule is C[Si](C)(Cl)CCCOC(=O)C=CC#N. The van der Waals surface area contributed by atoms with Crippen LogP contribution in [-0.2, 0) is 9.53 Å². The first-order valence-corrected chi connectivity index (χ1v) is 8.59. The zero-order valence-corrected chi connectivity index (χ0v) is 10.2. The summed E-state index contributed by atoms with van der Waals surface area (Å²) >= 11 is 6.07. The van der Waals surface area contributed by atoms with Crippen LogP contribution in [0.2, 0.25) is 19.1 Å². The molecule has 0 aliphatic rings. The van der Waals surface area contributed by atoms with E-state index in [1.165, 1.54) is 0 Å². The third kappa shape index (κ3) is 9.30. The molecule has 0 radical (unpaired) electrons. The fraction of sp³-hybridized carbons (Fsp3) is 0.556. The van der Waals surface area contributed by atoms with Crippen LogP contribution in [0.5, 0.6) is 0 Å². The van der Waals surface area contributed by atoms with Gasteiger partial charge >= 0.3 is 5.97 Å². The maximum absolute atomic E-state index is 10.8. The van der Waals surface area contributed by atoms with Gasteiger partial charge in [0.2, 0.25) is 0 Å². The lowest BCUT2D eigenvalue weighted by atomic mass is 10.5. The smallest absolute Gasteiger partial charge is 0.331 e. The fourth-order valence-corrected chi connectivity index (χ4v) is 2.20. The van der Waals surface area contributed by atoms with Crippen molar-refractivity contribution in [2.24, 2.45) is 0 Å². The van der Waals surface area contributed by atoms with E-state index in [2.05, 4.69) is 0 Å². The molecule has 0 bridgehead atoms. The Balaban J connectivity index is 3.52. The van der Waals surface area contributed by atoms with Gasteiger partial charge < -0.3 is 4.74 Å². The summed E-state index contributed by atoms with van der Waals surface area (Å²) in [5, 5.41) is 8.14. The van der Waals surface area contributed by atoms with E-state index in [9.17, 15) is 4.79 Å². The van der Waals surface area contributed by atoms with Crippen LogP contribution in [-0.4, -0.2) is 20.0 Å². The Morgan fingerprint density at radius 3 is 2.79 bits per heavy atom. The molecule has 0 aromatic heterocycles. The highest BCUT2D eigenvalue weighted by Gasteiger charge is 2.15. The van der Waals surface area contributed by atoms with Gasteiger partial charge in [-0.1, -0.05) is 13.1 Å². The number of esters is 1. The quantitative estimate of drug-likeness (QED) is 0.182. The molecule has 0 fully saturated rings. The van der Waals surface area contributed by atoms with Gasteiger partial charge in [-0.3, -0.25) is 0 Å². The molecule has 0 saturated carbocycles. The molecule has 0 unspecified atom stereocenters. The Morgan fingerprint density at radius 2 is 2.29 bits per heavy atom. The zero-order valence-electron chi connectivity index (χ0n) is 8.42. The van der Waals surface area contributed by atoms with Crippen molar-refractivity contribution >= 4 is 24.4 Å². The molecule has 0 aromatic rings. The normalized spacial score (nSPS) is 11.3. The highest BCUT2D eigenvalue weighted by Crippen LogP contribution is 2.15. The molecule has 0 amide bonds. The van der Waals surface area contributed by atoms with Gasteiger partial charge in [0, 0.05) is 12.2 Å². The molecule has 0 atom stereocenters. The molecule has 5 heteroatoms. The number of carbonyl (C=O) groups excluding carboxylic acids is 1. The number of rotatable bonds is 5. The third-order valence-electron chi connectivity index (χ3n) is 1.45. The van der Waals surface area contributed by atoms with Crippen molar-refractivity contribution in [1.82, 2.24) is 0 Å². The molecule has 14 heavy (non-hydrogen) atoms. The molecule has 3 nitrogen and oxygen atoms in total. The Kier molecular flexibility index (Phi) is 6.25. The monoisotopic (exact) mass is 231 g/mol. The Labute approximate surface area is 90.0 Å². The molecule has 78 valence electrons. The summed E-state index contributed by atoms with van der Waals surface area (Å²) in [6.45, 7) is 4.47. The zero-order chi connectivity index (χ0) is 11.0. The molecule has 0 rings (SSSR count). The summed E-state index contributed by atoms with van der Waals surface area (Å²) in [5.41, 5.74) is 0. The topological polar surface area (TPSA) is 50.1 Å². The number of ether oxygens (including phenoxy) is 1. The van der Waals surface area contributed by atoms with E-state index in [0.717, 1.165) is 24.6 Å². The first-order chi connectivity index (χ1) is 6.45. The van der Waals surface area contributed by atoms with Crippen molar-refractivity contribution in [2.45, 2.75) is 25.6 Å². The minimum atomic E-state index is -1.54. The van der Waals surface area contributed by atoms with E-state index in [1.54, 1.807) is 6.07 Å². The number of hydrogen-bond acceptors (Lipinski definition) is 3. The summed E-state index contributed by atoms with van der Waals surface area (Å²) in [4.78, 5) is 10.8. The van der Waals surface area contributed by atoms with Crippen LogP contribution in [0, 0.1) is 11.3 Å². The van der Waals surface area contributed by atoms with Crippen LogP contribution in [0.15, 0.2) is 12.2 Å². The van der Waals surface area contributed by atoms with E-state index in [-0.39, 0.29) is 0 Å². The number of nitriles is 1. The minimum Gasteiger partial charge on any atom is -0.463 e. The van der Waals surface area contributed by atoms with Crippen molar-refractivity contribution < 1.29 is 9.53 Å². The Hall–Kier alpha value is -0.793. The highest BCUT2D eigenvalue weighted by molar-refractivity contribution is 7.19. The molecule has 0 aromatic carbocycles. The number of nitrogens with zero attached hydrogens (tertiary/aromatic N) is 1. The molecular weight excluding hydrogens is 218 g/mol. The van der Waals surface area contributed by atoms with Crippen LogP contribution in [0.1, 0.15) is 6.42 Å². The second-order valence-corrected chi connectivity index (χ2v) is 10.5.